The van der Waals surface area contributed by atoms with Crippen LogP contribution >= 0.6 is 0 Å². The van der Waals surface area contributed by atoms with Crippen LogP contribution in [0.3, 0.4) is 0 Å². The molecule has 0 bridgehead atoms. The lowest BCUT2D eigenvalue weighted by atomic mass is 9.86. The summed E-state index contributed by atoms with van der Waals surface area (Å²) in [5, 5.41) is 4.91. The van der Waals surface area contributed by atoms with Gasteiger partial charge in [0.15, 0.2) is 11.4 Å². The SMILES string of the molecule is Nc1nc2oc3cnc(C4CCCCC4)cc3c(=O)c2cc1C1=NNNN1. The Morgan fingerprint density at radius 2 is 2.00 bits per heavy atom. The van der Waals surface area contributed by atoms with Crippen molar-refractivity contribution in [3.63, 3.8) is 0 Å². The average Bonchev–Trinajstić information content (AvgIpc) is 3.23. The zero-order valence-electron chi connectivity index (χ0n) is 14.6. The van der Waals surface area contributed by atoms with Gasteiger partial charge in [-0.3, -0.25) is 15.2 Å². The zero-order valence-corrected chi connectivity index (χ0v) is 14.6. The molecule has 1 aliphatic heterocycles. The highest BCUT2D eigenvalue weighted by molar-refractivity contribution is 6.05. The van der Waals surface area contributed by atoms with E-state index in [9.17, 15) is 4.79 Å². The molecule has 0 atom stereocenters. The van der Waals surface area contributed by atoms with E-state index in [4.69, 9.17) is 10.2 Å². The summed E-state index contributed by atoms with van der Waals surface area (Å²) in [7, 11) is 0. The minimum atomic E-state index is -0.140. The maximum Gasteiger partial charge on any atom is 0.232 e. The van der Waals surface area contributed by atoms with Gasteiger partial charge in [0.1, 0.15) is 5.82 Å². The third-order valence-electron chi connectivity index (χ3n) is 5.28. The number of hydrogen-bond acceptors (Lipinski definition) is 9. The van der Waals surface area contributed by atoms with Gasteiger partial charge in [0, 0.05) is 11.6 Å². The summed E-state index contributed by atoms with van der Waals surface area (Å²) in [4.78, 5) is 21.9. The lowest BCUT2D eigenvalue weighted by Crippen LogP contribution is -2.35. The molecule has 0 aromatic carbocycles. The highest BCUT2D eigenvalue weighted by Gasteiger charge is 2.20. The molecule has 0 amide bonds. The molecule has 9 nitrogen and oxygen atoms in total. The van der Waals surface area contributed by atoms with E-state index in [2.05, 4.69) is 31.6 Å². The molecule has 2 aliphatic rings. The summed E-state index contributed by atoms with van der Waals surface area (Å²) in [5.41, 5.74) is 16.0. The number of nitrogens with zero attached hydrogens (tertiary/aromatic N) is 3. The van der Waals surface area contributed by atoms with Crippen molar-refractivity contribution in [2.45, 2.75) is 38.0 Å². The standard InChI is InChI=1S/C18H19N7O2/c19-16-12(17-22-24-25-23-17)6-11-15(26)10-7-13(9-4-2-1-3-5-9)20-8-14(10)27-18(11)21-16/h6-9,24-25H,1-5H2,(H2,19,21)(H,22,23). The summed E-state index contributed by atoms with van der Waals surface area (Å²) < 4.78 is 5.82. The summed E-state index contributed by atoms with van der Waals surface area (Å²) in [6.45, 7) is 0. The Morgan fingerprint density at radius 1 is 1.15 bits per heavy atom. The minimum absolute atomic E-state index is 0.140. The highest BCUT2D eigenvalue weighted by atomic mass is 16.3. The third-order valence-corrected chi connectivity index (χ3v) is 5.28. The van der Waals surface area contributed by atoms with E-state index in [0.29, 0.717) is 33.7 Å². The Kier molecular flexibility index (Phi) is 3.68. The second-order valence-electron chi connectivity index (χ2n) is 6.97. The van der Waals surface area contributed by atoms with Crippen LogP contribution in [0.25, 0.3) is 22.1 Å². The molecule has 5 N–H and O–H groups in total. The van der Waals surface area contributed by atoms with Gasteiger partial charge in [0.2, 0.25) is 11.1 Å². The molecule has 27 heavy (non-hydrogen) atoms. The first kappa shape index (κ1) is 16.0. The molecule has 0 saturated heterocycles. The number of fused-ring (bicyclic) bond motifs is 2. The molecular formula is C18H19N7O2. The third kappa shape index (κ3) is 2.67. The number of hydrogen-bond donors (Lipinski definition) is 4. The van der Waals surface area contributed by atoms with Crippen molar-refractivity contribution in [2.24, 2.45) is 5.10 Å². The normalized spacial score (nSPS) is 17.7. The van der Waals surface area contributed by atoms with Gasteiger partial charge in [-0.2, -0.15) is 4.98 Å². The molecule has 3 aromatic rings. The van der Waals surface area contributed by atoms with E-state index in [1.54, 1.807) is 12.3 Å². The van der Waals surface area contributed by atoms with Gasteiger partial charge in [-0.15, -0.1) is 10.6 Å². The Bertz CT molecular complexity index is 1130. The fourth-order valence-corrected chi connectivity index (χ4v) is 3.86. The predicted molar refractivity (Wildman–Crippen MR) is 102 cm³/mol. The van der Waals surface area contributed by atoms with Gasteiger partial charge in [-0.25, -0.2) is 5.53 Å². The van der Waals surface area contributed by atoms with Crippen molar-refractivity contribution < 1.29 is 4.42 Å². The monoisotopic (exact) mass is 365 g/mol. The van der Waals surface area contributed by atoms with E-state index in [0.717, 1.165) is 18.5 Å². The smallest absolute Gasteiger partial charge is 0.232 e. The molecule has 9 heteroatoms. The van der Waals surface area contributed by atoms with Gasteiger partial charge < -0.3 is 10.2 Å². The number of amidine groups is 1. The number of pyridine rings is 2. The van der Waals surface area contributed by atoms with Crippen LogP contribution in [-0.2, 0) is 0 Å². The number of hydrazine groups is 2. The van der Waals surface area contributed by atoms with Crippen LogP contribution in [0.2, 0.25) is 0 Å². The molecule has 1 aliphatic carbocycles. The van der Waals surface area contributed by atoms with Crippen LogP contribution in [0.5, 0.6) is 0 Å². The van der Waals surface area contributed by atoms with Crippen molar-refractivity contribution >= 4 is 33.7 Å². The van der Waals surface area contributed by atoms with Crippen molar-refractivity contribution in [3.05, 3.63) is 39.8 Å². The summed E-state index contributed by atoms with van der Waals surface area (Å²) in [5.74, 6) is 1.08. The lowest BCUT2D eigenvalue weighted by Gasteiger charge is -2.21. The van der Waals surface area contributed by atoms with E-state index in [1.807, 2.05) is 6.07 Å². The minimum Gasteiger partial charge on any atom is -0.436 e. The molecule has 3 aromatic heterocycles. The zero-order chi connectivity index (χ0) is 18.4. The number of aromatic nitrogens is 2. The molecule has 1 saturated carbocycles. The largest absolute Gasteiger partial charge is 0.436 e. The van der Waals surface area contributed by atoms with Gasteiger partial charge in [-0.1, -0.05) is 19.3 Å². The summed E-state index contributed by atoms with van der Waals surface area (Å²) in [6, 6.07) is 3.53. The Balaban J connectivity index is 1.69. The van der Waals surface area contributed by atoms with E-state index >= 15 is 0 Å². The maximum atomic E-state index is 13.1. The molecular weight excluding hydrogens is 346 g/mol. The van der Waals surface area contributed by atoms with E-state index in [-0.39, 0.29) is 17.0 Å². The first-order valence-electron chi connectivity index (χ1n) is 9.08. The Hall–Kier alpha value is -3.20. The average molecular weight is 365 g/mol. The summed E-state index contributed by atoms with van der Waals surface area (Å²) in [6.07, 6.45) is 7.55. The molecule has 0 unspecified atom stereocenters. The maximum absolute atomic E-state index is 13.1. The number of nitrogen functional groups attached to an aromatic ring is 1. The van der Waals surface area contributed by atoms with Gasteiger partial charge >= 0.3 is 0 Å². The second-order valence-corrected chi connectivity index (χ2v) is 6.97. The first-order valence-corrected chi connectivity index (χ1v) is 9.08. The molecule has 0 spiro atoms. The number of rotatable bonds is 2. The molecule has 5 rings (SSSR count). The molecule has 138 valence electrons. The van der Waals surface area contributed by atoms with Crippen LogP contribution < -0.4 is 27.7 Å². The topological polar surface area (TPSA) is 130 Å². The van der Waals surface area contributed by atoms with Crippen LogP contribution in [0, 0.1) is 0 Å². The molecule has 4 heterocycles. The van der Waals surface area contributed by atoms with Gasteiger partial charge in [0.25, 0.3) is 0 Å². The van der Waals surface area contributed by atoms with Gasteiger partial charge in [-0.05, 0) is 25.0 Å². The van der Waals surface area contributed by atoms with Crippen molar-refractivity contribution in [1.82, 2.24) is 26.5 Å². The molecule has 0 radical (unpaired) electrons. The van der Waals surface area contributed by atoms with Crippen molar-refractivity contribution in [2.75, 3.05) is 5.73 Å². The van der Waals surface area contributed by atoms with Crippen LogP contribution in [0.4, 0.5) is 5.82 Å². The Labute approximate surface area is 154 Å². The Morgan fingerprint density at radius 3 is 2.78 bits per heavy atom. The quantitative estimate of drug-likeness (QED) is 0.504. The fraction of sp³-hybridized carbons (Fsp3) is 0.333. The lowest BCUT2D eigenvalue weighted by molar-refractivity contribution is 0.437. The van der Waals surface area contributed by atoms with E-state index in [1.165, 1.54) is 19.3 Å². The van der Waals surface area contributed by atoms with Gasteiger partial charge in [0.05, 0.1) is 22.5 Å². The number of nitrogens with one attached hydrogen (secondary N) is 3. The highest BCUT2D eigenvalue weighted by Crippen LogP contribution is 2.32. The summed E-state index contributed by atoms with van der Waals surface area (Å²) >= 11 is 0. The number of anilines is 1. The number of nitrogens with two attached hydrogens (primary N) is 1. The number of hydrazone groups is 1. The predicted octanol–water partition coefficient (Wildman–Crippen LogP) is 1.64. The second kappa shape index (κ2) is 6.20. The van der Waals surface area contributed by atoms with Crippen molar-refractivity contribution in [3.8, 4) is 0 Å². The van der Waals surface area contributed by atoms with Crippen LogP contribution in [-0.4, -0.2) is 15.8 Å². The van der Waals surface area contributed by atoms with Crippen molar-refractivity contribution in [1.29, 1.82) is 0 Å². The molecule has 1 fully saturated rings. The van der Waals surface area contributed by atoms with Crippen LogP contribution in [0.1, 0.15) is 49.3 Å². The van der Waals surface area contributed by atoms with Crippen LogP contribution in [0.15, 0.2) is 32.6 Å². The van der Waals surface area contributed by atoms with E-state index < -0.39 is 0 Å². The first-order chi connectivity index (χ1) is 13.2. The fourth-order valence-electron chi connectivity index (χ4n) is 3.86.